The first kappa shape index (κ1) is 14.9. The Balaban J connectivity index is 1.83. The van der Waals surface area contributed by atoms with Gasteiger partial charge >= 0.3 is 0 Å². The van der Waals surface area contributed by atoms with Crippen molar-refractivity contribution in [2.24, 2.45) is 0 Å². The number of carbonyl (C=O) groups is 1. The highest BCUT2D eigenvalue weighted by Crippen LogP contribution is 2.06. The molecule has 1 aromatic heterocycles. The van der Waals surface area contributed by atoms with Gasteiger partial charge in [-0.3, -0.25) is 4.79 Å². The van der Waals surface area contributed by atoms with Gasteiger partial charge in [0.1, 0.15) is 0 Å². The molecule has 4 N–H and O–H groups in total. The SMILES string of the molecule is Nc1nonc1C(=O)NCCNS(=O)(=O)c1ccccc1. The van der Waals surface area contributed by atoms with E-state index in [2.05, 4.69) is 25.0 Å². The van der Waals surface area contributed by atoms with E-state index in [1.807, 2.05) is 0 Å². The summed E-state index contributed by atoms with van der Waals surface area (Å²) in [4.78, 5) is 11.7. The molecule has 9 nitrogen and oxygen atoms in total. The molecule has 0 saturated carbocycles. The Labute approximate surface area is 120 Å². The van der Waals surface area contributed by atoms with Crippen molar-refractivity contribution in [1.29, 1.82) is 0 Å². The van der Waals surface area contributed by atoms with Crippen LogP contribution >= 0.6 is 0 Å². The first-order valence-electron chi connectivity index (χ1n) is 5.91. The number of hydrogen-bond acceptors (Lipinski definition) is 7. The molecule has 0 aliphatic heterocycles. The Kier molecular flexibility index (Phi) is 4.50. The number of nitrogens with one attached hydrogen (secondary N) is 2. The lowest BCUT2D eigenvalue weighted by molar-refractivity contribution is 0.0945. The summed E-state index contributed by atoms with van der Waals surface area (Å²) in [6, 6.07) is 7.91. The van der Waals surface area contributed by atoms with Gasteiger partial charge in [0.05, 0.1) is 4.90 Å². The average Bonchev–Trinajstić information content (AvgIpc) is 2.90. The zero-order valence-corrected chi connectivity index (χ0v) is 11.6. The van der Waals surface area contributed by atoms with Crippen molar-refractivity contribution in [3.8, 4) is 0 Å². The quantitative estimate of drug-likeness (QED) is 0.603. The van der Waals surface area contributed by atoms with Crippen LogP contribution in [0.4, 0.5) is 5.82 Å². The molecule has 0 saturated heterocycles. The molecule has 21 heavy (non-hydrogen) atoms. The first-order chi connectivity index (χ1) is 10.0. The maximum Gasteiger partial charge on any atom is 0.277 e. The van der Waals surface area contributed by atoms with Gasteiger partial charge < -0.3 is 11.1 Å². The molecule has 0 bridgehead atoms. The third-order valence-corrected chi connectivity index (χ3v) is 3.96. The van der Waals surface area contributed by atoms with Gasteiger partial charge in [0, 0.05) is 13.1 Å². The number of aromatic nitrogens is 2. The summed E-state index contributed by atoms with van der Waals surface area (Å²) in [5.41, 5.74) is 5.21. The highest BCUT2D eigenvalue weighted by molar-refractivity contribution is 7.89. The molecule has 0 atom stereocenters. The van der Waals surface area contributed by atoms with Gasteiger partial charge in [-0.05, 0) is 22.4 Å². The van der Waals surface area contributed by atoms with Crippen molar-refractivity contribution < 1.29 is 17.8 Å². The summed E-state index contributed by atoms with van der Waals surface area (Å²) in [7, 11) is -3.59. The number of carbonyl (C=O) groups excluding carboxylic acids is 1. The molecule has 2 aromatic rings. The number of nitrogen functional groups attached to an aromatic ring is 1. The molecule has 0 unspecified atom stereocenters. The van der Waals surface area contributed by atoms with Crippen LogP contribution in [0.1, 0.15) is 10.5 Å². The van der Waals surface area contributed by atoms with Crippen molar-refractivity contribution in [2.45, 2.75) is 4.90 Å². The average molecular weight is 311 g/mol. The molecule has 0 radical (unpaired) electrons. The number of nitrogens with zero attached hydrogens (tertiary/aromatic N) is 2. The Hall–Kier alpha value is -2.46. The van der Waals surface area contributed by atoms with Crippen LogP contribution in [0.15, 0.2) is 39.9 Å². The molecule has 10 heteroatoms. The highest BCUT2D eigenvalue weighted by Gasteiger charge is 2.16. The van der Waals surface area contributed by atoms with Crippen molar-refractivity contribution in [3.05, 3.63) is 36.0 Å². The van der Waals surface area contributed by atoms with E-state index in [0.29, 0.717) is 0 Å². The summed E-state index contributed by atoms with van der Waals surface area (Å²) < 4.78 is 30.4. The maximum atomic E-state index is 11.9. The summed E-state index contributed by atoms with van der Waals surface area (Å²) >= 11 is 0. The number of rotatable bonds is 6. The second-order valence-corrected chi connectivity index (χ2v) is 5.73. The van der Waals surface area contributed by atoms with Crippen LogP contribution in [-0.4, -0.2) is 37.7 Å². The fraction of sp³-hybridized carbons (Fsp3) is 0.182. The van der Waals surface area contributed by atoms with Crippen molar-refractivity contribution in [1.82, 2.24) is 20.4 Å². The van der Waals surface area contributed by atoms with Crippen molar-refractivity contribution in [2.75, 3.05) is 18.8 Å². The van der Waals surface area contributed by atoms with Crippen molar-refractivity contribution in [3.63, 3.8) is 0 Å². The number of hydrogen-bond donors (Lipinski definition) is 3. The fourth-order valence-corrected chi connectivity index (χ4v) is 2.53. The molecular weight excluding hydrogens is 298 g/mol. The van der Waals surface area contributed by atoms with E-state index < -0.39 is 15.9 Å². The van der Waals surface area contributed by atoms with E-state index in [9.17, 15) is 13.2 Å². The lowest BCUT2D eigenvalue weighted by Crippen LogP contribution is -2.35. The van der Waals surface area contributed by atoms with Gasteiger partial charge in [-0.25, -0.2) is 17.8 Å². The molecule has 112 valence electrons. The molecule has 0 spiro atoms. The Morgan fingerprint density at radius 1 is 1.19 bits per heavy atom. The van der Waals surface area contributed by atoms with Crippen LogP contribution in [0.25, 0.3) is 0 Å². The van der Waals surface area contributed by atoms with E-state index in [-0.39, 0.29) is 29.5 Å². The standard InChI is InChI=1S/C11H13N5O4S/c12-10-9(15-20-16-10)11(17)13-6-7-14-21(18,19)8-4-2-1-3-5-8/h1-5,14H,6-7H2,(H2,12,16)(H,13,17). The number of benzene rings is 1. The van der Waals surface area contributed by atoms with E-state index in [4.69, 9.17) is 5.73 Å². The van der Waals surface area contributed by atoms with Gasteiger partial charge in [-0.2, -0.15) is 0 Å². The monoisotopic (exact) mass is 311 g/mol. The minimum absolute atomic E-state index is 0.0220. The van der Waals surface area contributed by atoms with Gasteiger partial charge in [0.25, 0.3) is 5.91 Å². The summed E-state index contributed by atoms with van der Waals surface area (Å²) in [6.45, 7) is 0.0886. The van der Waals surface area contributed by atoms with E-state index in [1.54, 1.807) is 18.2 Å². The zero-order valence-electron chi connectivity index (χ0n) is 10.8. The van der Waals surface area contributed by atoms with Crippen LogP contribution in [0.5, 0.6) is 0 Å². The Bertz CT molecular complexity index is 713. The molecule has 1 heterocycles. The van der Waals surface area contributed by atoms with Crippen LogP contribution in [0.2, 0.25) is 0 Å². The molecule has 2 rings (SSSR count). The molecule has 1 amide bonds. The summed E-state index contributed by atoms with van der Waals surface area (Å²) in [5.74, 6) is -0.718. The van der Waals surface area contributed by atoms with E-state index in [0.717, 1.165) is 0 Å². The van der Waals surface area contributed by atoms with Crippen LogP contribution < -0.4 is 15.8 Å². The third-order valence-electron chi connectivity index (χ3n) is 2.49. The smallest absolute Gasteiger partial charge is 0.277 e. The first-order valence-corrected chi connectivity index (χ1v) is 7.40. The zero-order chi connectivity index (χ0) is 15.3. The lowest BCUT2D eigenvalue weighted by Gasteiger charge is -2.07. The van der Waals surface area contributed by atoms with E-state index in [1.165, 1.54) is 12.1 Å². The number of nitrogens with two attached hydrogens (primary N) is 1. The highest BCUT2D eigenvalue weighted by atomic mass is 32.2. The minimum atomic E-state index is -3.59. The van der Waals surface area contributed by atoms with Crippen LogP contribution in [0.3, 0.4) is 0 Å². The molecule has 0 fully saturated rings. The van der Waals surface area contributed by atoms with Gasteiger partial charge in [-0.15, -0.1) is 0 Å². The second-order valence-electron chi connectivity index (χ2n) is 3.96. The fourth-order valence-electron chi connectivity index (χ4n) is 1.48. The molecule has 1 aromatic carbocycles. The Morgan fingerprint density at radius 2 is 1.90 bits per heavy atom. The molecule has 0 aliphatic rings. The van der Waals surface area contributed by atoms with Gasteiger partial charge in [-0.1, -0.05) is 18.2 Å². The van der Waals surface area contributed by atoms with Crippen LogP contribution in [0, 0.1) is 0 Å². The summed E-state index contributed by atoms with van der Waals surface area (Å²) in [5, 5.41) is 9.03. The number of sulfonamides is 1. The Morgan fingerprint density at radius 3 is 2.52 bits per heavy atom. The van der Waals surface area contributed by atoms with Crippen molar-refractivity contribution >= 4 is 21.7 Å². The minimum Gasteiger partial charge on any atom is -0.379 e. The largest absolute Gasteiger partial charge is 0.379 e. The third kappa shape index (κ3) is 3.77. The van der Waals surface area contributed by atoms with Gasteiger partial charge in [0.15, 0.2) is 0 Å². The second kappa shape index (κ2) is 6.33. The lowest BCUT2D eigenvalue weighted by atomic mass is 10.4. The van der Waals surface area contributed by atoms with Gasteiger partial charge in [0.2, 0.25) is 21.5 Å². The molecular formula is C11H13N5O4S. The number of anilines is 1. The normalized spacial score (nSPS) is 11.2. The van der Waals surface area contributed by atoms with E-state index >= 15 is 0 Å². The predicted molar refractivity (Wildman–Crippen MR) is 72.7 cm³/mol. The predicted octanol–water partition coefficient (Wildman–Crippen LogP) is -0.640. The summed E-state index contributed by atoms with van der Waals surface area (Å²) in [6.07, 6.45) is 0. The van der Waals surface area contributed by atoms with Crippen LogP contribution in [-0.2, 0) is 10.0 Å². The topological polar surface area (TPSA) is 140 Å². The molecule has 0 aliphatic carbocycles. The maximum absolute atomic E-state index is 11.9. The number of amides is 1.